The molecule has 0 saturated heterocycles. The number of nitrogens with one attached hydrogen (secondary N) is 1. The number of amides is 1. The van der Waals surface area contributed by atoms with Gasteiger partial charge in [-0.3, -0.25) is 19.7 Å². The van der Waals surface area contributed by atoms with E-state index in [2.05, 4.69) is 12.2 Å². The van der Waals surface area contributed by atoms with Crippen molar-refractivity contribution in [2.75, 3.05) is 12.3 Å². The van der Waals surface area contributed by atoms with E-state index >= 15 is 0 Å². The highest BCUT2D eigenvalue weighted by molar-refractivity contribution is 8.00. The zero-order valence-electron chi connectivity index (χ0n) is 16.4. The van der Waals surface area contributed by atoms with Crippen LogP contribution in [0, 0.1) is 10.1 Å². The lowest BCUT2D eigenvalue weighted by Gasteiger charge is -2.18. The highest BCUT2D eigenvalue weighted by Gasteiger charge is 2.19. The first-order chi connectivity index (χ1) is 13.9. The van der Waals surface area contributed by atoms with Gasteiger partial charge in [0.25, 0.3) is 11.6 Å². The third-order valence-corrected chi connectivity index (χ3v) is 5.35. The Balaban J connectivity index is 1.76. The van der Waals surface area contributed by atoms with Gasteiger partial charge in [0.15, 0.2) is 6.10 Å². The molecule has 0 bridgehead atoms. The van der Waals surface area contributed by atoms with Crippen molar-refractivity contribution in [1.29, 1.82) is 0 Å². The van der Waals surface area contributed by atoms with Crippen LogP contribution in [-0.2, 0) is 14.3 Å². The van der Waals surface area contributed by atoms with Gasteiger partial charge in [-0.05, 0) is 31.0 Å². The summed E-state index contributed by atoms with van der Waals surface area (Å²) in [4.78, 5) is 35.1. The largest absolute Gasteiger partial charge is 0.452 e. The SMILES string of the molecule is CC[C@H](CNC(=O)[C@H](C)OC(=O)CSc1ccc([N+](=O)[O-])cc1)c1ccccc1. The number of carbonyl (C=O) groups is 2. The Kier molecular flexibility index (Phi) is 8.67. The van der Waals surface area contributed by atoms with Gasteiger partial charge in [0.05, 0.1) is 10.7 Å². The summed E-state index contributed by atoms with van der Waals surface area (Å²) < 4.78 is 5.19. The number of rotatable bonds is 10. The molecule has 0 aromatic heterocycles. The van der Waals surface area contributed by atoms with E-state index in [0.717, 1.165) is 12.0 Å². The number of ether oxygens (including phenoxy) is 1. The number of esters is 1. The Morgan fingerprint density at radius 3 is 2.38 bits per heavy atom. The summed E-state index contributed by atoms with van der Waals surface area (Å²) in [5.41, 5.74) is 1.14. The fraction of sp³-hybridized carbons (Fsp3) is 0.333. The number of nitro groups is 1. The van der Waals surface area contributed by atoms with E-state index < -0.39 is 17.0 Å². The molecular weight excluding hydrogens is 392 g/mol. The molecule has 2 aromatic rings. The van der Waals surface area contributed by atoms with Gasteiger partial charge in [0.1, 0.15) is 0 Å². The second-order valence-corrected chi connectivity index (χ2v) is 7.48. The minimum atomic E-state index is -0.895. The van der Waals surface area contributed by atoms with E-state index in [9.17, 15) is 19.7 Å². The van der Waals surface area contributed by atoms with Gasteiger partial charge >= 0.3 is 5.97 Å². The topological polar surface area (TPSA) is 98.5 Å². The first kappa shape index (κ1) is 22.4. The Bertz CT molecular complexity index is 827. The Morgan fingerprint density at radius 2 is 1.79 bits per heavy atom. The van der Waals surface area contributed by atoms with Gasteiger partial charge < -0.3 is 10.1 Å². The quantitative estimate of drug-likeness (QED) is 0.273. The minimum Gasteiger partial charge on any atom is -0.452 e. The van der Waals surface area contributed by atoms with Crippen molar-refractivity contribution >= 4 is 29.3 Å². The predicted molar refractivity (Wildman–Crippen MR) is 112 cm³/mol. The predicted octanol–water partition coefficient (Wildman–Crippen LogP) is 3.93. The van der Waals surface area contributed by atoms with Crippen molar-refractivity contribution < 1.29 is 19.2 Å². The van der Waals surface area contributed by atoms with Crippen LogP contribution in [-0.4, -0.2) is 35.2 Å². The Labute approximate surface area is 174 Å². The van der Waals surface area contributed by atoms with Gasteiger partial charge in [0.2, 0.25) is 0 Å². The van der Waals surface area contributed by atoms with E-state index in [1.165, 1.54) is 30.8 Å². The zero-order chi connectivity index (χ0) is 21.2. The number of non-ortho nitro benzene ring substituents is 1. The van der Waals surface area contributed by atoms with E-state index in [0.29, 0.717) is 11.4 Å². The first-order valence-electron chi connectivity index (χ1n) is 9.30. The van der Waals surface area contributed by atoms with Gasteiger partial charge in [0, 0.05) is 29.5 Å². The number of hydrogen-bond donors (Lipinski definition) is 1. The highest BCUT2D eigenvalue weighted by Crippen LogP contribution is 2.21. The number of nitrogens with zero attached hydrogens (tertiary/aromatic N) is 1. The molecule has 0 aliphatic carbocycles. The number of nitro benzene ring substituents is 1. The third kappa shape index (κ3) is 7.23. The van der Waals surface area contributed by atoms with Crippen molar-refractivity contribution in [2.45, 2.75) is 37.2 Å². The molecule has 2 rings (SSSR count). The molecule has 1 amide bonds. The van der Waals surface area contributed by atoms with Crippen molar-refractivity contribution in [3.8, 4) is 0 Å². The normalized spacial score (nSPS) is 12.6. The average molecular weight is 416 g/mol. The maximum Gasteiger partial charge on any atom is 0.317 e. The molecule has 0 heterocycles. The Morgan fingerprint density at radius 1 is 1.14 bits per heavy atom. The van der Waals surface area contributed by atoms with E-state index in [1.807, 2.05) is 30.3 Å². The molecule has 0 fully saturated rings. The van der Waals surface area contributed by atoms with Crippen molar-refractivity contribution in [2.24, 2.45) is 0 Å². The molecular formula is C21H24N2O5S. The molecule has 2 aromatic carbocycles. The molecule has 0 radical (unpaired) electrons. The van der Waals surface area contributed by atoms with E-state index in [4.69, 9.17) is 4.74 Å². The van der Waals surface area contributed by atoms with Crippen molar-refractivity contribution in [3.63, 3.8) is 0 Å². The van der Waals surface area contributed by atoms with Gasteiger partial charge in [-0.25, -0.2) is 0 Å². The van der Waals surface area contributed by atoms with Crippen molar-refractivity contribution in [1.82, 2.24) is 5.32 Å². The lowest BCUT2D eigenvalue weighted by molar-refractivity contribution is -0.384. The molecule has 0 unspecified atom stereocenters. The fourth-order valence-corrected chi connectivity index (χ4v) is 3.36. The van der Waals surface area contributed by atoms with Crippen LogP contribution in [0.1, 0.15) is 31.7 Å². The van der Waals surface area contributed by atoms with E-state index in [1.54, 1.807) is 12.1 Å². The number of carbonyl (C=O) groups excluding carboxylic acids is 2. The molecule has 0 spiro atoms. The standard InChI is InChI=1S/C21H24N2O5S/c1-3-16(17-7-5-4-6-8-17)13-22-21(25)15(2)28-20(24)14-29-19-11-9-18(10-12-19)23(26)27/h4-12,15-16H,3,13-14H2,1-2H3,(H,22,25)/t15-,16+/m0/s1. The summed E-state index contributed by atoms with van der Waals surface area (Å²) in [7, 11) is 0. The molecule has 29 heavy (non-hydrogen) atoms. The van der Waals surface area contributed by atoms with Crippen molar-refractivity contribution in [3.05, 3.63) is 70.3 Å². The van der Waals surface area contributed by atoms with Gasteiger partial charge in [-0.2, -0.15) is 0 Å². The molecule has 0 aliphatic heterocycles. The summed E-state index contributed by atoms with van der Waals surface area (Å²) in [6, 6.07) is 15.8. The average Bonchev–Trinajstić information content (AvgIpc) is 2.73. The summed E-state index contributed by atoms with van der Waals surface area (Å²) in [5, 5.41) is 13.5. The van der Waals surface area contributed by atoms with E-state index in [-0.39, 0.29) is 23.3 Å². The first-order valence-corrected chi connectivity index (χ1v) is 10.3. The fourth-order valence-electron chi connectivity index (χ4n) is 2.68. The highest BCUT2D eigenvalue weighted by atomic mass is 32.2. The molecule has 1 N–H and O–H groups in total. The maximum absolute atomic E-state index is 12.2. The van der Waals surface area contributed by atoms with Crippen LogP contribution in [0.3, 0.4) is 0 Å². The van der Waals surface area contributed by atoms with Crippen LogP contribution in [0.4, 0.5) is 5.69 Å². The summed E-state index contributed by atoms with van der Waals surface area (Å²) >= 11 is 1.19. The number of hydrogen-bond acceptors (Lipinski definition) is 6. The van der Waals surface area contributed by atoms with Crippen LogP contribution in [0.5, 0.6) is 0 Å². The molecule has 2 atom stereocenters. The maximum atomic E-state index is 12.2. The lowest BCUT2D eigenvalue weighted by Crippen LogP contribution is -2.38. The van der Waals surface area contributed by atoms with Crippen LogP contribution in [0.2, 0.25) is 0 Å². The molecule has 7 nitrogen and oxygen atoms in total. The zero-order valence-corrected chi connectivity index (χ0v) is 17.2. The van der Waals surface area contributed by atoms with Crippen LogP contribution < -0.4 is 5.32 Å². The smallest absolute Gasteiger partial charge is 0.317 e. The second-order valence-electron chi connectivity index (χ2n) is 6.43. The number of benzene rings is 2. The third-order valence-electron chi connectivity index (χ3n) is 4.37. The molecule has 0 saturated carbocycles. The Hall–Kier alpha value is -2.87. The number of thioether (sulfide) groups is 1. The molecule has 8 heteroatoms. The minimum absolute atomic E-state index is 0.0109. The monoisotopic (exact) mass is 416 g/mol. The summed E-state index contributed by atoms with van der Waals surface area (Å²) in [6.07, 6.45) is -0.0158. The second kappa shape index (κ2) is 11.2. The van der Waals surface area contributed by atoms with Crippen LogP contribution in [0.15, 0.2) is 59.5 Å². The summed E-state index contributed by atoms with van der Waals surface area (Å²) in [5.74, 6) is -0.656. The summed E-state index contributed by atoms with van der Waals surface area (Å²) in [6.45, 7) is 4.06. The molecule has 154 valence electrons. The van der Waals surface area contributed by atoms with Crippen LogP contribution >= 0.6 is 11.8 Å². The van der Waals surface area contributed by atoms with Crippen LogP contribution in [0.25, 0.3) is 0 Å². The van der Waals surface area contributed by atoms with Gasteiger partial charge in [-0.1, -0.05) is 37.3 Å². The lowest BCUT2D eigenvalue weighted by atomic mass is 9.96. The molecule has 0 aliphatic rings. The van der Waals surface area contributed by atoms with Gasteiger partial charge in [-0.15, -0.1) is 11.8 Å².